The number of unbranched alkanes of at least 4 members (excludes halogenated alkanes) is 65. The van der Waals surface area contributed by atoms with Crippen LogP contribution in [0.2, 0.25) is 0 Å². The van der Waals surface area contributed by atoms with Gasteiger partial charge in [-0.2, -0.15) is 0 Å². The zero-order chi connectivity index (χ0) is 65.5. The van der Waals surface area contributed by atoms with Gasteiger partial charge in [-0.15, -0.1) is 0 Å². The van der Waals surface area contributed by atoms with Crippen molar-refractivity contribution in [1.82, 2.24) is 5.32 Å². The Labute approximate surface area is 564 Å². The Kier molecular flexibility index (Phi) is 71.9. The lowest BCUT2D eigenvalue weighted by Crippen LogP contribution is -2.45. The van der Waals surface area contributed by atoms with Gasteiger partial charge in [0, 0.05) is 6.42 Å². The number of amides is 1. The van der Waals surface area contributed by atoms with Gasteiger partial charge in [0.15, 0.2) is 0 Å². The molecule has 3 N–H and O–H groups in total. The van der Waals surface area contributed by atoms with E-state index >= 15 is 0 Å². The quantitative estimate of drug-likeness (QED) is 0.0243. The van der Waals surface area contributed by atoms with Crippen LogP contribution in [0.1, 0.15) is 450 Å². The van der Waals surface area contributed by atoms with Crippen molar-refractivity contribution in [2.24, 2.45) is 0 Å². The molecule has 0 saturated heterocycles. The number of nitrogens with zero attached hydrogens (tertiary/aromatic N) is 1. The third-order valence-corrected chi connectivity index (χ3v) is 20.5. The summed E-state index contributed by atoms with van der Waals surface area (Å²) in [5, 5.41) is 14.1. The van der Waals surface area contributed by atoms with Crippen LogP contribution in [0.25, 0.3) is 0 Å². The number of rotatable bonds is 78. The van der Waals surface area contributed by atoms with Crippen molar-refractivity contribution in [3.63, 3.8) is 0 Å². The van der Waals surface area contributed by atoms with Gasteiger partial charge in [-0.05, 0) is 19.3 Å². The SMILES string of the molecule is CCCCCCCCCCCCCCCCCCCCCCCCCCCCCCCC/C=C/C(O)C(COP(=O)(O)OCC[N+](C)(C)C)NC(=O)CCCCCCCCCCCCCCCCCCCCCCCCCCCCCCCCCCCCCC. The summed E-state index contributed by atoms with van der Waals surface area (Å²) in [5.74, 6) is -0.165. The summed E-state index contributed by atoms with van der Waals surface area (Å²) in [6.45, 7) is 4.90. The number of carbonyl (C=O) groups is 1. The molecule has 3 atom stereocenters. The van der Waals surface area contributed by atoms with Gasteiger partial charge >= 0.3 is 7.82 Å². The molecule has 8 nitrogen and oxygen atoms in total. The van der Waals surface area contributed by atoms with Crippen LogP contribution in [0.15, 0.2) is 12.2 Å². The first kappa shape index (κ1) is 89.2. The van der Waals surface area contributed by atoms with E-state index in [1.54, 1.807) is 6.08 Å². The molecular formula is C81H164N2O6P+. The molecule has 0 bridgehead atoms. The molecule has 0 aliphatic carbocycles. The van der Waals surface area contributed by atoms with Crippen LogP contribution in [0.4, 0.5) is 0 Å². The number of hydrogen-bond acceptors (Lipinski definition) is 5. The summed E-state index contributed by atoms with van der Waals surface area (Å²) in [5.41, 5.74) is 0. The summed E-state index contributed by atoms with van der Waals surface area (Å²) < 4.78 is 23.9. The van der Waals surface area contributed by atoms with E-state index in [9.17, 15) is 19.4 Å². The number of quaternary nitrogens is 1. The van der Waals surface area contributed by atoms with Gasteiger partial charge in [0.1, 0.15) is 13.2 Å². The van der Waals surface area contributed by atoms with Crippen LogP contribution in [-0.4, -0.2) is 73.4 Å². The van der Waals surface area contributed by atoms with Crippen LogP contribution in [0.3, 0.4) is 0 Å². The molecule has 0 aliphatic heterocycles. The normalized spacial score (nSPS) is 13.5. The minimum atomic E-state index is -4.35. The summed E-state index contributed by atoms with van der Waals surface area (Å²) >= 11 is 0. The first-order valence-electron chi connectivity index (χ1n) is 41.1. The number of allylic oxidation sites excluding steroid dienone is 1. The van der Waals surface area contributed by atoms with Crippen molar-refractivity contribution in [3.8, 4) is 0 Å². The molecule has 90 heavy (non-hydrogen) atoms. The fourth-order valence-corrected chi connectivity index (χ4v) is 13.9. The molecule has 0 aromatic carbocycles. The molecule has 0 radical (unpaired) electrons. The number of hydrogen-bond donors (Lipinski definition) is 3. The number of likely N-dealkylation sites (N-methyl/N-ethyl adjacent to an activating group) is 1. The van der Waals surface area contributed by atoms with E-state index < -0.39 is 20.0 Å². The van der Waals surface area contributed by atoms with Gasteiger partial charge in [0.2, 0.25) is 5.91 Å². The molecule has 0 aromatic heterocycles. The van der Waals surface area contributed by atoms with Gasteiger partial charge in [-0.1, -0.05) is 437 Å². The Hall–Kier alpha value is -0.760. The highest BCUT2D eigenvalue weighted by Crippen LogP contribution is 2.43. The Morgan fingerprint density at radius 1 is 0.367 bits per heavy atom. The lowest BCUT2D eigenvalue weighted by molar-refractivity contribution is -0.870. The van der Waals surface area contributed by atoms with Crippen LogP contribution < -0.4 is 5.32 Å². The second kappa shape index (κ2) is 72.5. The average Bonchev–Trinajstić information content (AvgIpc) is 3.56. The molecule has 0 aliphatic rings. The van der Waals surface area contributed by atoms with Crippen molar-refractivity contribution in [2.75, 3.05) is 40.9 Å². The minimum absolute atomic E-state index is 0.0657. The summed E-state index contributed by atoms with van der Waals surface area (Å²) in [7, 11) is 1.60. The molecule has 0 spiro atoms. The Balaban J connectivity index is 3.91. The highest BCUT2D eigenvalue weighted by Gasteiger charge is 2.28. The molecular weight excluding hydrogens is 1130 g/mol. The first-order chi connectivity index (χ1) is 44.0. The molecule has 0 saturated carbocycles. The molecule has 1 amide bonds. The van der Waals surface area contributed by atoms with E-state index in [0.29, 0.717) is 17.4 Å². The van der Waals surface area contributed by atoms with E-state index in [1.807, 2.05) is 27.2 Å². The van der Waals surface area contributed by atoms with Crippen molar-refractivity contribution in [1.29, 1.82) is 0 Å². The molecule has 9 heteroatoms. The highest BCUT2D eigenvalue weighted by atomic mass is 31.2. The number of aliphatic hydroxyl groups is 1. The summed E-state index contributed by atoms with van der Waals surface area (Å²) in [4.78, 5) is 23.5. The number of phosphoric ester groups is 1. The van der Waals surface area contributed by atoms with Crippen molar-refractivity contribution in [2.45, 2.75) is 463 Å². The van der Waals surface area contributed by atoms with E-state index in [0.717, 1.165) is 32.1 Å². The van der Waals surface area contributed by atoms with Crippen LogP contribution in [0.5, 0.6) is 0 Å². The van der Waals surface area contributed by atoms with E-state index in [4.69, 9.17) is 9.05 Å². The molecule has 0 rings (SSSR count). The maximum Gasteiger partial charge on any atom is 0.472 e. The summed E-state index contributed by atoms with van der Waals surface area (Å²) in [6, 6.07) is -0.845. The van der Waals surface area contributed by atoms with Crippen LogP contribution in [-0.2, 0) is 18.4 Å². The lowest BCUT2D eigenvalue weighted by atomic mass is 10.0. The summed E-state index contributed by atoms with van der Waals surface area (Å²) in [6.07, 6.45) is 95.7. The fourth-order valence-electron chi connectivity index (χ4n) is 13.2. The third kappa shape index (κ3) is 74.6. The number of phosphoric acid groups is 1. The maximum atomic E-state index is 13.1. The molecule has 3 unspecified atom stereocenters. The van der Waals surface area contributed by atoms with Gasteiger partial charge < -0.3 is 19.8 Å². The van der Waals surface area contributed by atoms with Crippen molar-refractivity contribution in [3.05, 3.63) is 12.2 Å². The minimum Gasteiger partial charge on any atom is -0.387 e. The molecule has 0 fully saturated rings. The zero-order valence-corrected chi connectivity index (χ0v) is 62.8. The lowest BCUT2D eigenvalue weighted by Gasteiger charge is -2.25. The number of carbonyl (C=O) groups excluding carboxylic acids is 1. The monoisotopic (exact) mass is 1290 g/mol. The second-order valence-electron chi connectivity index (χ2n) is 29.9. The molecule has 538 valence electrons. The van der Waals surface area contributed by atoms with Crippen molar-refractivity contribution >= 4 is 13.7 Å². The number of aliphatic hydroxyl groups excluding tert-OH is 1. The Bertz CT molecular complexity index is 1470. The predicted molar refractivity (Wildman–Crippen MR) is 397 cm³/mol. The number of nitrogens with one attached hydrogen (secondary N) is 1. The molecule has 0 heterocycles. The predicted octanol–water partition coefficient (Wildman–Crippen LogP) is 26.8. The van der Waals surface area contributed by atoms with Gasteiger partial charge in [0.05, 0.1) is 39.9 Å². The fraction of sp³-hybridized carbons (Fsp3) is 0.963. The van der Waals surface area contributed by atoms with Gasteiger partial charge in [-0.25, -0.2) is 4.57 Å². The third-order valence-electron chi connectivity index (χ3n) is 19.5. The van der Waals surface area contributed by atoms with E-state index in [1.165, 1.54) is 398 Å². The largest absolute Gasteiger partial charge is 0.472 e. The van der Waals surface area contributed by atoms with E-state index in [2.05, 4.69) is 19.2 Å². The van der Waals surface area contributed by atoms with Gasteiger partial charge in [-0.3, -0.25) is 13.8 Å². The smallest absolute Gasteiger partial charge is 0.387 e. The standard InChI is InChI=1S/C81H163N2O6P/c1-6-8-10-12-14-16-18-20-22-24-26-28-30-32-34-36-38-40-41-42-43-45-47-49-51-53-55-57-59-61-63-65-67-69-71-73-75-81(85)82-79(78-89-90(86,87)88-77-76-83(3,4)5)80(84)74-72-70-68-66-64-62-60-58-56-54-52-50-48-46-44-39-37-35-33-31-29-27-25-23-21-19-17-15-13-11-9-7-2/h72,74,79-80,84H,6-71,73,75-78H2,1-5H3,(H-,82,85,86,87)/p+1/b74-72+. The Morgan fingerprint density at radius 2 is 0.589 bits per heavy atom. The molecule has 0 aromatic rings. The maximum absolute atomic E-state index is 13.1. The van der Waals surface area contributed by atoms with E-state index in [-0.39, 0.29) is 19.1 Å². The van der Waals surface area contributed by atoms with Gasteiger partial charge in [0.25, 0.3) is 0 Å². The first-order valence-corrected chi connectivity index (χ1v) is 42.6. The highest BCUT2D eigenvalue weighted by molar-refractivity contribution is 7.47. The van der Waals surface area contributed by atoms with Crippen molar-refractivity contribution < 1.29 is 32.9 Å². The van der Waals surface area contributed by atoms with Crippen LogP contribution >= 0.6 is 7.82 Å². The van der Waals surface area contributed by atoms with Crippen LogP contribution in [0, 0.1) is 0 Å². The zero-order valence-electron chi connectivity index (χ0n) is 61.9. The topological polar surface area (TPSA) is 105 Å². The Morgan fingerprint density at radius 3 is 0.822 bits per heavy atom. The average molecular weight is 1290 g/mol. The second-order valence-corrected chi connectivity index (χ2v) is 31.3.